The van der Waals surface area contributed by atoms with Gasteiger partial charge in [0.2, 0.25) is 0 Å². The number of aliphatic hydroxyl groups is 1. The van der Waals surface area contributed by atoms with Crippen LogP contribution < -0.4 is 0 Å². The molecule has 25 heavy (non-hydrogen) atoms. The summed E-state index contributed by atoms with van der Waals surface area (Å²) in [4.78, 5) is 13.3. The second kappa shape index (κ2) is 8.41. The minimum absolute atomic E-state index is 0.363. The van der Waals surface area contributed by atoms with Gasteiger partial charge in [-0.25, -0.2) is 0 Å². The molecular formula is C22H27NO2. The van der Waals surface area contributed by atoms with Crippen molar-refractivity contribution in [2.75, 3.05) is 6.98 Å². The van der Waals surface area contributed by atoms with Crippen LogP contribution in [0.15, 0.2) is 60.4 Å². The Bertz CT molecular complexity index is 1510. The molecule has 3 heteroatoms. The molecule has 1 N–H and O–H groups in total. The van der Waals surface area contributed by atoms with Gasteiger partial charge in [0.05, 0.1) is 21.2 Å². The third kappa shape index (κ3) is 4.56. The molecule has 1 aliphatic rings. The van der Waals surface area contributed by atoms with E-state index in [0.717, 1.165) is 0 Å². The molecule has 2 aromatic carbocycles. The average Bonchev–Trinajstić information content (AvgIpc) is 2.91. The lowest BCUT2D eigenvalue weighted by Gasteiger charge is -2.40. The number of carbonyl (C=O) groups is 1. The van der Waals surface area contributed by atoms with Gasteiger partial charge in [-0.1, -0.05) is 66.8 Å². The van der Waals surface area contributed by atoms with Crippen molar-refractivity contribution in [2.45, 2.75) is 50.1 Å². The van der Waals surface area contributed by atoms with Crippen molar-refractivity contribution >= 4 is 5.78 Å². The fourth-order valence-electron chi connectivity index (χ4n) is 2.17. The number of hydrogen-bond donors (Lipinski definition) is 1. The van der Waals surface area contributed by atoms with E-state index in [0.29, 0.717) is 0 Å². The van der Waals surface area contributed by atoms with Crippen molar-refractivity contribution in [3.8, 4) is 0 Å². The van der Waals surface area contributed by atoms with Gasteiger partial charge in [0.15, 0.2) is 5.78 Å². The number of piperidine rings is 1. The molecule has 2 aromatic rings. The van der Waals surface area contributed by atoms with E-state index in [4.69, 9.17) is 27.4 Å². The van der Waals surface area contributed by atoms with Gasteiger partial charge in [0, 0.05) is 36.3 Å². The second-order valence-corrected chi connectivity index (χ2v) is 5.01. The maximum atomic E-state index is 13.7. The quantitative estimate of drug-likeness (QED) is 0.786. The molecule has 0 amide bonds. The standard InChI is InChI=1S/C22H27NO2/c1-23-19(15-21(24)17-9-4-2-5-10-17)13-8-14-20(23)16-22(25)18-11-6-3-7-12-18/h2-7,9-12,19-21,24H,8,13-16H2,1H3/t19-,20+,21+/m0/s1/i1D3,2D,3D,4D,5D,6D,7D,9D,10D,11D,12D,15D2,16D2,19D,20D,21D. The molecule has 0 bridgehead atoms. The minimum atomic E-state index is -4.02. The molecule has 0 radical (unpaired) electrons. The van der Waals surface area contributed by atoms with Gasteiger partial charge in [-0.05, 0) is 31.8 Å². The van der Waals surface area contributed by atoms with Crippen LogP contribution in [0, 0.1) is 0 Å². The number of carbonyl (C=O) groups excluding carboxylic acids is 1. The molecule has 0 spiro atoms. The molecule has 1 aliphatic heterocycles. The minimum Gasteiger partial charge on any atom is -0.388 e. The van der Waals surface area contributed by atoms with E-state index in [2.05, 4.69) is 0 Å². The predicted molar refractivity (Wildman–Crippen MR) is 101 cm³/mol. The Hall–Kier alpha value is -1.97. The summed E-state index contributed by atoms with van der Waals surface area (Å²) in [6.45, 7) is -3.86. The third-order valence-electron chi connectivity index (χ3n) is 3.35. The van der Waals surface area contributed by atoms with Gasteiger partial charge in [0.25, 0.3) is 0 Å². The number of nitrogens with zero attached hydrogens (tertiary/aromatic N) is 1. The zero-order chi connectivity index (χ0) is 35.2. The maximum Gasteiger partial charge on any atom is 0.164 e. The number of likely N-dealkylation sites (tertiary alicyclic amines) is 1. The zero-order valence-electron chi connectivity index (χ0n) is 32.9. The van der Waals surface area contributed by atoms with Crippen molar-refractivity contribution in [1.82, 2.24) is 4.90 Å². The fraction of sp³-hybridized carbons (Fsp3) is 0.409. The van der Waals surface area contributed by atoms with Crippen LogP contribution in [0.5, 0.6) is 0 Å². The highest BCUT2D eigenvalue weighted by Crippen LogP contribution is 2.30. The van der Waals surface area contributed by atoms with Crippen LogP contribution in [0.25, 0.3) is 0 Å². The highest BCUT2D eigenvalue weighted by atomic mass is 16.3. The summed E-state index contributed by atoms with van der Waals surface area (Å²) in [5.74, 6) is -1.96. The van der Waals surface area contributed by atoms with Crippen LogP contribution in [-0.4, -0.2) is 34.8 Å². The molecule has 0 saturated carbocycles. The molecule has 0 aromatic heterocycles. The van der Waals surface area contributed by atoms with Crippen LogP contribution in [0.3, 0.4) is 0 Å². The first-order valence-corrected chi connectivity index (χ1v) is 7.31. The molecule has 132 valence electrons. The van der Waals surface area contributed by atoms with Gasteiger partial charge in [-0.15, -0.1) is 0 Å². The van der Waals surface area contributed by atoms with Crippen molar-refractivity contribution in [2.24, 2.45) is 0 Å². The Morgan fingerprint density at radius 1 is 1.28 bits per heavy atom. The molecule has 3 atom stereocenters. The summed E-state index contributed by atoms with van der Waals surface area (Å²) < 4.78 is 165. The summed E-state index contributed by atoms with van der Waals surface area (Å²) in [5, 5.41) is 11.3. The predicted octanol–water partition coefficient (Wildman–Crippen LogP) is 4.24. The van der Waals surface area contributed by atoms with Crippen molar-refractivity contribution in [3.05, 3.63) is 71.6 Å². The first-order chi connectivity index (χ1) is 20.1. The van der Waals surface area contributed by atoms with E-state index in [1.807, 2.05) is 0 Å². The molecule has 3 rings (SSSR count). The number of Topliss-reactive ketones (excluding diaryl/α,β-unsaturated/α-hetero) is 1. The van der Waals surface area contributed by atoms with Crippen LogP contribution in [0.4, 0.5) is 0 Å². The van der Waals surface area contributed by atoms with Gasteiger partial charge in [0.1, 0.15) is 0 Å². The molecule has 1 saturated heterocycles. The number of hydrogen-bond acceptors (Lipinski definition) is 3. The summed E-state index contributed by atoms with van der Waals surface area (Å²) >= 11 is 0. The topological polar surface area (TPSA) is 40.5 Å². The summed E-state index contributed by atoms with van der Waals surface area (Å²) in [6, 6.07) is -18.1. The second-order valence-electron chi connectivity index (χ2n) is 5.01. The molecule has 0 unspecified atom stereocenters. The van der Waals surface area contributed by atoms with Crippen LogP contribution in [0.2, 0.25) is 0 Å². The molecule has 1 fully saturated rings. The molecule has 0 aliphatic carbocycles. The normalized spacial score (nSPS) is 42.8. The summed E-state index contributed by atoms with van der Waals surface area (Å²) in [5.41, 5.74) is -2.63. The average molecular weight is 358 g/mol. The lowest BCUT2D eigenvalue weighted by atomic mass is 9.88. The van der Waals surface area contributed by atoms with Crippen LogP contribution in [-0.2, 0) is 0 Å². The summed E-state index contributed by atoms with van der Waals surface area (Å²) in [7, 11) is 0. The van der Waals surface area contributed by atoms with E-state index in [-0.39, 0.29) is 4.90 Å². The van der Waals surface area contributed by atoms with Crippen molar-refractivity contribution < 1.29 is 37.3 Å². The Labute approximate surface area is 178 Å². The van der Waals surface area contributed by atoms with Crippen molar-refractivity contribution in [1.29, 1.82) is 0 Å². The third-order valence-corrected chi connectivity index (χ3v) is 3.35. The largest absolute Gasteiger partial charge is 0.388 e. The first kappa shape index (κ1) is 5.51. The van der Waals surface area contributed by atoms with Gasteiger partial charge in [-0.3, -0.25) is 9.69 Å². The van der Waals surface area contributed by atoms with E-state index in [1.54, 1.807) is 0 Å². The fourth-order valence-corrected chi connectivity index (χ4v) is 2.17. The smallest absolute Gasteiger partial charge is 0.164 e. The van der Waals surface area contributed by atoms with E-state index >= 15 is 0 Å². The first-order valence-electron chi connectivity index (χ1n) is 17.3. The highest BCUT2D eigenvalue weighted by molar-refractivity contribution is 5.96. The Balaban J connectivity index is 2.35. The Morgan fingerprint density at radius 3 is 2.60 bits per heavy atom. The zero-order valence-corrected chi connectivity index (χ0v) is 12.9. The Morgan fingerprint density at radius 2 is 1.92 bits per heavy atom. The Kier molecular flexibility index (Phi) is 1.86. The number of benzene rings is 2. The molecular weight excluding hydrogens is 310 g/mol. The maximum absolute atomic E-state index is 13.7. The SMILES string of the molecule is [2H]c1c([2H])c([2H])c(C(=O)C([2H])([2H])[C@@]2([2H])CCC[C@@]([2H])(C([2H])([2H])[C@@]([2H])(O)c3c([2H])c([2H])c([2H])c([2H])c3[2H])N2C([2H])([2H])[2H])c([2H])c1[2H]. The molecule has 1 heterocycles. The monoisotopic (exact) mass is 357 g/mol. The van der Waals surface area contributed by atoms with Crippen LogP contribution >= 0.6 is 0 Å². The van der Waals surface area contributed by atoms with Gasteiger partial charge < -0.3 is 5.11 Å². The summed E-state index contributed by atoms with van der Waals surface area (Å²) in [6.07, 6.45) is -14.4. The lowest BCUT2D eigenvalue weighted by Crippen LogP contribution is -2.45. The lowest BCUT2D eigenvalue weighted by molar-refractivity contribution is 0.0549. The van der Waals surface area contributed by atoms with Crippen LogP contribution in [0.1, 0.15) is 81.4 Å². The van der Waals surface area contributed by atoms with E-state index in [1.165, 1.54) is 0 Å². The van der Waals surface area contributed by atoms with E-state index < -0.39 is 134 Å². The molecule has 3 nitrogen and oxygen atoms in total. The van der Waals surface area contributed by atoms with Gasteiger partial charge >= 0.3 is 0 Å². The number of rotatable bonds is 6. The van der Waals surface area contributed by atoms with Crippen molar-refractivity contribution in [3.63, 3.8) is 0 Å². The van der Waals surface area contributed by atoms with E-state index in [9.17, 15) is 9.90 Å². The highest BCUT2D eigenvalue weighted by Gasteiger charge is 2.30. The number of ketones is 1. The van der Waals surface area contributed by atoms with Gasteiger partial charge in [-0.2, -0.15) is 0 Å².